The van der Waals surface area contributed by atoms with Crippen LogP contribution in [0.25, 0.3) is 0 Å². The number of ether oxygens (including phenoxy) is 1. The number of amides is 2. The van der Waals surface area contributed by atoms with E-state index in [1.54, 1.807) is 6.21 Å². The summed E-state index contributed by atoms with van der Waals surface area (Å²) in [5.74, 6) is -1.34. The van der Waals surface area contributed by atoms with E-state index in [1.807, 2.05) is 77.7 Å². The van der Waals surface area contributed by atoms with Crippen LogP contribution in [0.5, 0.6) is 0 Å². The molecular weight excluding hydrogens is 500 g/mol. The zero-order valence-electron chi connectivity index (χ0n) is 23.3. The molecule has 208 valence electrons. The Hall–Kier alpha value is -3.97. The minimum absolute atomic E-state index is 0.0897. The SMILES string of the molecule is CCN(CC)c1ccc(/C=N\NC(=O)C2[C@@H](c3ccccc3)C(C(=O)N3CCOCC3)[C@@H]2c2ccccc2)cc1. The van der Waals surface area contributed by atoms with Crippen LogP contribution in [0.1, 0.15) is 42.4 Å². The van der Waals surface area contributed by atoms with Crippen molar-refractivity contribution in [3.8, 4) is 0 Å². The molecule has 0 bridgehead atoms. The van der Waals surface area contributed by atoms with Crippen molar-refractivity contribution in [3.05, 3.63) is 102 Å². The van der Waals surface area contributed by atoms with Crippen molar-refractivity contribution in [1.29, 1.82) is 0 Å². The van der Waals surface area contributed by atoms with Crippen LogP contribution in [0.15, 0.2) is 90.0 Å². The summed E-state index contributed by atoms with van der Waals surface area (Å²) in [4.78, 5) is 31.9. The zero-order chi connectivity index (χ0) is 27.9. The molecule has 2 fully saturated rings. The molecule has 1 saturated heterocycles. The van der Waals surface area contributed by atoms with Gasteiger partial charge in [0.1, 0.15) is 0 Å². The molecule has 2 aliphatic rings. The molecule has 1 saturated carbocycles. The lowest BCUT2D eigenvalue weighted by Gasteiger charge is -2.52. The highest BCUT2D eigenvalue weighted by molar-refractivity contribution is 5.91. The van der Waals surface area contributed by atoms with Crippen molar-refractivity contribution in [3.63, 3.8) is 0 Å². The number of hydrogen-bond acceptors (Lipinski definition) is 5. The lowest BCUT2D eigenvalue weighted by Crippen LogP contribution is -2.57. The first-order chi connectivity index (χ1) is 19.6. The van der Waals surface area contributed by atoms with Gasteiger partial charge in [-0.15, -0.1) is 0 Å². The molecule has 1 aliphatic carbocycles. The highest BCUT2D eigenvalue weighted by atomic mass is 16.5. The van der Waals surface area contributed by atoms with Gasteiger partial charge in [-0.25, -0.2) is 5.43 Å². The van der Waals surface area contributed by atoms with Gasteiger partial charge in [0.2, 0.25) is 11.8 Å². The van der Waals surface area contributed by atoms with Crippen molar-refractivity contribution in [2.75, 3.05) is 44.3 Å². The van der Waals surface area contributed by atoms with E-state index >= 15 is 0 Å². The molecule has 1 heterocycles. The third kappa shape index (κ3) is 5.80. The number of rotatable bonds is 9. The highest BCUT2D eigenvalue weighted by Gasteiger charge is 2.58. The average Bonchev–Trinajstić information content (AvgIpc) is 2.99. The second-order valence-electron chi connectivity index (χ2n) is 10.4. The standard InChI is InChI=1S/C33H38N4O3/c1-3-36(4-2)27-17-15-24(16-18-27)23-34-35-32(38)30-28(25-11-7-5-8-12-25)31(29(30)26-13-9-6-10-14-26)33(39)37-19-21-40-22-20-37/h5-18,23,28-31H,3-4,19-22H2,1-2H3,(H,35,38)/b34-23-/t28-,29-,30?,31?/m1/s1. The van der Waals surface area contributed by atoms with Crippen LogP contribution >= 0.6 is 0 Å². The third-order valence-electron chi connectivity index (χ3n) is 8.24. The zero-order valence-corrected chi connectivity index (χ0v) is 23.3. The van der Waals surface area contributed by atoms with Crippen molar-refractivity contribution < 1.29 is 14.3 Å². The summed E-state index contributed by atoms with van der Waals surface area (Å²) in [6.07, 6.45) is 1.67. The number of anilines is 1. The summed E-state index contributed by atoms with van der Waals surface area (Å²) in [6, 6.07) is 28.0. The van der Waals surface area contributed by atoms with Gasteiger partial charge in [-0.2, -0.15) is 5.10 Å². The maximum atomic E-state index is 13.9. The quantitative estimate of drug-likeness (QED) is 0.318. The monoisotopic (exact) mass is 538 g/mol. The Bertz CT molecular complexity index is 1240. The van der Waals surface area contributed by atoms with Crippen LogP contribution in [0.2, 0.25) is 0 Å². The molecular formula is C33H38N4O3. The van der Waals surface area contributed by atoms with Gasteiger partial charge in [0.15, 0.2) is 0 Å². The fourth-order valence-corrected chi connectivity index (χ4v) is 6.16. The Morgan fingerprint density at radius 3 is 1.93 bits per heavy atom. The maximum absolute atomic E-state index is 13.9. The highest BCUT2D eigenvalue weighted by Crippen LogP contribution is 2.58. The first-order valence-corrected chi connectivity index (χ1v) is 14.3. The lowest BCUT2D eigenvalue weighted by atomic mass is 9.51. The number of hydrogen-bond donors (Lipinski definition) is 1. The fraction of sp³-hybridized carbons (Fsp3) is 0.364. The number of hydrazone groups is 1. The van der Waals surface area contributed by atoms with Crippen molar-refractivity contribution in [2.24, 2.45) is 16.9 Å². The van der Waals surface area contributed by atoms with Crippen molar-refractivity contribution in [1.82, 2.24) is 10.3 Å². The van der Waals surface area contributed by atoms with Gasteiger partial charge in [0, 0.05) is 43.7 Å². The number of carbonyl (C=O) groups excluding carboxylic acids is 2. The number of nitrogens with one attached hydrogen (secondary N) is 1. The third-order valence-corrected chi connectivity index (χ3v) is 8.24. The average molecular weight is 539 g/mol. The van der Waals surface area contributed by atoms with E-state index in [0.717, 1.165) is 35.5 Å². The van der Waals surface area contributed by atoms with Crippen LogP contribution in [0.4, 0.5) is 5.69 Å². The Morgan fingerprint density at radius 2 is 1.40 bits per heavy atom. The van der Waals surface area contributed by atoms with Gasteiger partial charge >= 0.3 is 0 Å². The molecule has 3 aromatic rings. The van der Waals surface area contributed by atoms with Gasteiger partial charge in [0.05, 0.1) is 31.3 Å². The molecule has 40 heavy (non-hydrogen) atoms. The minimum atomic E-state index is -0.429. The molecule has 0 spiro atoms. The van der Waals surface area contributed by atoms with Gasteiger partial charge in [0.25, 0.3) is 0 Å². The molecule has 1 aliphatic heterocycles. The molecule has 5 rings (SSSR count). The number of morpholine rings is 1. The van der Waals surface area contributed by atoms with E-state index in [-0.39, 0.29) is 29.6 Å². The summed E-state index contributed by atoms with van der Waals surface area (Å²) in [7, 11) is 0. The lowest BCUT2D eigenvalue weighted by molar-refractivity contribution is -0.151. The number of benzene rings is 3. The Morgan fingerprint density at radius 1 is 0.850 bits per heavy atom. The van der Waals surface area contributed by atoms with Crippen LogP contribution < -0.4 is 10.3 Å². The van der Waals surface area contributed by atoms with Gasteiger partial charge in [-0.3, -0.25) is 9.59 Å². The summed E-state index contributed by atoms with van der Waals surface area (Å²) in [5, 5.41) is 4.33. The molecule has 1 N–H and O–H groups in total. The summed E-state index contributed by atoms with van der Waals surface area (Å²) >= 11 is 0. The predicted octanol–water partition coefficient (Wildman–Crippen LogP) is 4.66. The van der Waals surface area contributed by atoms with E-state index in [1.165, 1.54) is 0 Å². The van der Waals surface area contributed by atoms with E-state index in [2.05, 4.69) is 41.4 Å². The maximum Gasteiger partial charge on any atom is 0.244 e. The van der Waals surface area contributed by atoms with Crippen LogP contribution in [0, 0.1) is 11.8 Å². The van der Waals surface area contributed by atoms with E-state index in [4.69, 9.17) is 4.74 Å². The van der Waals surface area contributed by atoms with Gasteiger partial charge in [-0.1, -0.05) is 72.8 Å². The molecule has 2 atom stereocenters. The smallest absolute Gasteiger partial charge is 0.244 e. The van der Waals surface area contributed by atoms with Crippen molar-refractivity contribution in [2.45, 2.75) is 25.7 Å². The fourth-order valence-electron chi connectivity index (χ4n) is 6.16. The topological polar surface area (TPSA) is 74.2 Å². The van der Waals surface area contributed by atoms with Gasteiger partial charge < -0.3 is 14.5 Å². The van der Waals surface area contributed by atoms with Gasteiger partial charge in [-0.05, 0) is 42.7 Å². The Balaban J connectivity index is 1.40. The minimum Gasteiger partial charge on any atom is -0.378 e. The van der Waals surface area contributed by atoms with Crippen molar-refractivity contribution >= 4 is 23.7 Å². The van der Waals surface area contributed by atoms with E-state index < -0.39 is 5.92 Å². The normalized spacial score (nSPS) is 22.5. The molecule has 0 unspecified atom stereocenters. The van der Waals surface area contributed by atoms with E-state index in [9.17, 15) is 9.59 Å². The summed E-state index contributed by atoms with van der Waals surface area (Å²) in [5.41, 5.74) is 6.87. The summed E-state index contributed by atoms with van der Waals surface area (Å²) in [6.45, 7) is 8.40. The summed E-state index contributed by atoms with van der Waals surface area (Å²) < 4.78 is 5.50. The van der Waals surface area contributed by atoms with E-state index in [0.29, 0.717) is 26.3 Å². The molecule has 7 nitrogen and oxygen atoms in total. The second-order valence-corrected chi connectivity index (χ2v) is 10.4. The van der Waals surface area contributed by atoms with Crippen LogP contribution in [0.3, 0.4) is 0 Å². The molecule has 0 radical (unpaired) electrons. The second kappa shape index (κ2) is 12.9. The van der Waals surface area contributed by atoms with Crippen LogP contribution in [-0.2, 0) is 14.3 Å². The molecule has 2 amide bonds. The Labute approximate surface area is 236 Å². The number of carbonyl (C=O) groups is 2. The van der Waals surface area contributed by atoms with Crippen LogP contribution in [-0.4, -0.2) is 62.3 Å². The first kappa shape index (κ1) is 27.6. The number of nitrogens with zero attached hydrogens (tertiary/aromatic N) is 3. The predicted molar refractivity (Wildman–Crippen MR) is 158 cm³/mol. The Kier molecular flexibility index (Phi) is 8.91. The largest absolute Gasteiger partial charge is 0.378 e. The molecule has 3 aromatic carbocycles. The molecule has 7 heteroatoms. The molecule has 0 aromatic heterocycles. The first-order valence-electron chi connectivity index (χ1n) is 14.3.